The van der Waals surface area contributed by atoms with Gasteiger partial charge in [-0.2, -0.15) is 0 Å². The smallest absolute Gasteiger partial charge is 0.191 e. The molecule has 0 spiro atoms. The summed E-state index contributed by atoms with van der Waals surface area (Å²) in [5.74, 6) is 1.51. The van der Waals surface area contributed by atoms with Crippen LogP contribution in [0.2, 0.25) is 0 Å². The largest absolute Gasteiger partial charge is 0.357 e. The molecule has 25 heavy (non-hydrogen) atoms. The second-order valence-electron chi connectivity index (χ2n) is 6.68. The zero-order valence-corrected chi connectivity index (χ0v) is 18.0. The van der Waals surface area contributed by atoms with Crippen molar-refractivity contribution in [2.24, 2.45) is 10.9 Å². The van der Waals surface area contributed by atoms with Crippen LogP contribution in [-0.4, -0.2) is 55.1 Å². The number of hydrogen-bond acceptors (Lipinski definition) is 3. The van der Waals surface area contributed by atoms with Crippen LogP contribution in [0.4, 0.5) is 0 Å². The molecule has 1 unspecified atom stereocenters. The lowest BCUT2D eigenvalue weighted by Crippen LogP contribution is -2.39. The lowest BCUT2D eigenvalue weighted by Gasteiger charge is -2.28. The van der Waals surface area contributed by atoms with Gasteiger partial charge in [0, 0.05) is 44.5 Å². The van der Waals surface area contributed by atoms with Crippen molar-refractivity contribution in [2.75, 3.05) is 39.3 Å². The Morgan fingerprint density at radius 1 is 1.24 bits per heavy atom. The standard InChI is InChI=1S/C19H33N5.HI/c1-3-20-19(22-12-10-18-9-5-6-11-21-18)23-15-17(2)16-24-13-7-4-8-14-24;/h5-6,9,11,17H,3-4,7-8,10,12-16H2,1-2H3,(H2,20,22,23);1H. The van der Waals surface area contributed by atoms with Gasteiger partial charge in [0.15, 0.2) is 5.96 Å². The van der Waals surface area contributed by atoms with E-state index >= 15 is 0 Å². The molecule has 0 bridgehead atoms. The second kappa shape index (κ2) is 13.3. The van der Waals surface area contributed by atoms with E-state index in [0.717, 1.165) is 44.3 Å². The van der Waals surface area contributed by atoms with Gasteiger partial charge in [-0.15, -0.1) is 24.0 Å². The van der Waals surface area contributed by atoms with Crippen LogP contribution in [0.5, 0.6) is 0 Å². The average Bonchev–Trinajstić information content (AvgIpc) is 2.61. The highest BCUT2D eigenvalue weighted by Gasteiger charge is 2.13. The van der Waals surface area contributed by atoms with Gasteiger partial charge in [0.2, 0.25) is 0 Å². The predicted molar refractivity (Wildman–Crippen MR) is 117 cm³/mol. The van der Waals surface area contributed by atoms with E-state index in [1.54, 1.807) is 0 Å². The molecule has 6 heteroatoms. The first kappa shape index (κ1) is 22.2. The molecular formula is C19H34IN5. The third-order valence-electron chi connectivity index (χ3n) is 4.32. The van der Waals surface area contributed by atoms with Crippen LogP contribution in [-0.2, 0) is 6.42 Å². The maximum absolute atomic E-state index is 4.76. The van der Waals surface area contributed by atoms with Gasteiger partial charge in [-0.25, -0.2) is 0 Å². The van der Waals surface area contributed by atoms with E-state index in [0.29, 0.717) is 5.92 Å². The van der Waals surface area contributed by atoms with E-state index < -0.39 is 0 Å². The number of halogens is 1. The molecule has 1 aliphatic rings. The van der Waals surface area contributed by atoms with Crippen LogP contribution in [0, 0.1) is 5.92 Å². The highest BCUT2D eigenvalue weighted by atomic mass is 127. The summed E-state index contributed by atoms with van der Waals surface area (Å²) in [7, 11) is 0. The highest BCUT2D eigenvalue weighted by Crippen LogP contribution is 2.11. The fourth-order valence-electron chi connectivity index (χ4n) is 3.08. The maximum atomic E-state index is 4.76. The number of nitrogens with one attached hydrogen (secondary N) is 2. The van der Waals surface area contributed by atoms with Crippen LogP contribution in [0.3, 0.4) is 0 Å². The molecule has 5 nitrogen and oxygen atoms in total. The van der Waals surface area contributed by atoms with Crippen molar-refractivity contribution in [1.29, 1.82) is 0 Å². The Bertz CT molecular complexity index is 474. The molecule has 1 atom stereocenters. The van der Waals surface area contributed by atoms with Crippen molar-refractivity contribution in [3.63, 3.8) is 0 Å². The first-order chi connectivity index (χ1) is 11.8. The van der Waals surface area contributed by atoms with E-state index in [-0.39, 0.29) is 24.0 Å². The molecular weight excluding hydrogens is 425 g/mol. The van der Waals surface area contributed by atoms with Gasteiger partial charge in [0.25, 0.3) is 0 Å². The normalized spacial score (nSPS) is 16.8. The Labute approximate surface area is 170 Å². The van der Waals surface area contributed by atoms with Gasteiger partial charge >= 0.3 is 0 Å². The summed E-state index contributed by atoms with van der Waals surface area (Å²) in [5.41, 5.74) is 1.11. The van der Waals surface area contributed by atoms with Crippen molar-refractivity contribution in [3.8, 4) is 0 Å². The molecule has 2 N–H and O–H groups in total. The molecule has 2 heterocycles. The van der Waals surface area contributed by atoms with Crippen molar-refractivity contribution >= 4 is 29.9 Å². The number of rotatable bonds is 8. The van der Waals surface area contributed by atoms with Crippen LogP contribution < -0.4 is 10.6 Å². The van der Waals surface area contributed by atoms with Crippen LogP contribution in [0.15, 0.2) is 29.4 Å². The molecule has 1 fully saturated rings. The summed E-state index contributed by atoms with van der Waals surface area (Å²) >= 11 is 0. The first-order valence-corrected chi connectivity index (χ1v) is 9.42. The molecule has 1 aliphatic heterocycles. The van der Waals surface area contributed by atoms with E-state index in [1.165, 1.54) is 32.4 Å². The summed E-state index contributed by atoms with van der Waals surface area (Å²) in [6.07, 6.45) is 6.86. The number of aliphatic imine (C=N–C) groups is 1. The Morgan fingerprint density at radius 2 is 2.04 bits per heavy atom. The molecule has 0 saturated carbocycles. The molecule has 2 rings (SSSR count). The SMILES string of the molecule is CCNC(=NCC(C)CN1CCCCC1)NCCc1ccccn1.I. The summed E-state index contributed by atoms with van der Waals surface area (Å²) in [4.78, 5) is 11.7. The number of guanidine groups is 1. The zero-order chi connectivity index (χ0) is 17.0. The maximum Gasteiger partial charge on any atom is 0.191 e. The molecule has 0 aromatic carbocycles. The second-order valence-corrected chi connectivity index (χ2v) is 6.68. The molecule has 1 aromatic rings. The predicted octanol–water partition coefficient (Wildman–Crippen LogP) is 2.92. The lowest BCUT2D eigenvalue weighted by molar-refractivity contribution is 0.203. The summed E-state index contributed by atoms with van der Waals surface area (Å²) in [6.45, 7) is 10.7. The molecule has 0 aliphatic carbocycles. The number of nitrogens with zero attached hydrogens (tertiary/aromatic N) is 3. The Hall–Kier alpha value is -0.890. The molecule has 1 saturated heterocycles. The lowest BCUT2D eigenvalue weighted by atomic mass is 10.1. The zero-order valence-electron chi connectivity index (χ0n) is 15.7. The van der Waals surface area contributed by atoms with Crippen LogP contribution in [0.25, 0.3) is 0 Å². The minimum atomic E-state index is 0. The molecule has 0 radical (unpaired) electrons. The topological polar surface area (TPSA) is 52.6 Å². The van der Waals surface area contributed by atoms with Crippen molar-refractivity contribution in [2.45, 2.75) is 39.5 Å². The summed E-state index contributed by atoms with van der Waals surface area (Å²) < 4.78 is 0. The minimum absolute atomic E-state index is 0. The number of likely N-dealkylation sites (tertiary alicyclic amines) is 1. The van der Waals surface area contributed by atoms with Crippen molar-refractivity contribution in [1.82, 2.24) is 20.5 Å². The number of aromatic nitrogens is 1. The van der Waals surface area contributed by atoms with E-state index in [9.17, 15) is 0 Å². The molecule has 142 valence electrons. The van der Waals surface area contributed by atoms with Gasteiger partial charge in [-0.05, 0) is 50.9 Å². The Morgan fingerprint density at radius 3 is 2.72 bits per heavy atom. The fraction of sp³-hybridized carbons (Fsp3) is 0.684. The minimum Gasteiger partial charge on any atom is -0.357 e. The average molecular weight is 459 g/mol. The van der Waals surface area contributed by atoms with E-state index in [4.69, 9.17) is 4.99 Å². The van der Waals surface area contributed by atoms with Gasteiger partial charge in [-0.1, -0.05) is 19.4 Å². The number of pyridine rings is 1. The summed E-state index contributed by atoms with van der Waals surface area (Å²) in [5, 5.41) is 6.75. The number of piperidine rings is 1. The Kier molecular flexibility index (Phi) is 11.8. The van der Waals surface area contributed by atoms with Crippen molar-refractivity contribution in [3.05, 3.63) is 30.1 Å². The Balaban J connectivity index is 0.00000312. The summed E-state index contributed by atoms with van der Waals surface area (Å²) in [6, 6.07) is 6.04. The number of hydrogen-bond donors (Lipinski definition) is 2. The van der Waals surface area contributed by atoms with E-state index in [2.05, 4.69) is 40.4 Å². The van der Waals surface area contributed by atoms with E-state index in [1.807, 2.05) is 18.3 Å². The van der Waals surface area contributed by atoms with Gasteiger partial charge in [0.1, 0.15) is 0 Å². The van der Waals surface area contributed by atoms with Crippen molar-refractivity contribution < 1.29 is 0 Å². The van der Waals surface area contributed by atoms with Gasteiger partial charge in [0.05, 0.1) is 0 Å². The third-order valence-corrected chi connectivity index (χ3v) is 4.32. The highest BCUT2D eigenvalue weighted by molar-refractivity contribution is 14.0. The third kappa shape index (κ3) is 9.39. The molecule has 0 amide bonds. The van der Waals surface area contributed by atoms with Crippen LogP contribution in [0.1, 0.15) is 38.8 Å². The van der Waals surface area contributed by atoms with Gasteiger partial charge < -0.3 is 15.5 Å². The van der Waals surface area contributed by atoms with Gasteiger partial charge in [-0.3, -0.25) is 9.98 Å². The quantitative estimate of drug-likeness (QED) is 0.357. The molecule has 1 aromatic heterocycles. The van der Waals surface area contributed by atoms with Crippen LogP contribution >= 0.6 is 24.0 Å². The fourth-order valence-corrected chi connectivity index (χ4v) is 3.08. The first-order valence-electron chi connectivity index (χ1n) is 9.42. The monoisotopic (exact) mass is 459 g/mol.